The zero-order valence-electron chi connectivity index (χ0n) is 16.1. The van der Waals surface area contributed by atoms with Gasteiger partial charge in [0.15, 0.2) is 0 Å². The van der Waals surface area contributed by atoms with Gasteiger partial charge < -0.3 is 29.2 Å². The fraction of sp³-hybridized carbons (Fsp3) is 0.500. The number of carbonyl (C=O) groups excluding carboxylic acids is 3. The molecule has 2 rings (SSSR count). The van der Waals surface area contributed by atoms with Gasteiger partial charge in [0.1, 0.15) is 11.3 Å². The van der Waals surface area contributed by atoms with E-state index in [-0.39, 0.29) is 23.8 Å². The van der Waals surface area contributed by atoms with Crippen LogP contribution >= 0.6 is 0 Å². The molecule has 0 saturated carbocycles. The van der Waals surface area contributed by atoms with Crippen molar-refractivity contribution in [2.75, 3.05) is 6.61 Å². The van der Waals surface area contributed by atoms with Crippen molar-refractivity contribution in [1.82, 2.24) is 5.32 Å². The minimum Gasteiger partial charge on any atom is -0.534 e. The molecule has 0 bridgehead atoms. The Balaban J connectivity index is 2.08. The first-order chi connectivity index (χ1) is 13.3. The van der Waals surface area contributed by atoms with E-state index in [9.17, 15) is 19.4 Å². The summed E-state index contributed by atoms with van der Waals surface area (Å²) in [6, 6.07) is 4.84. The topological polar surface area (TPSA) is 120 Å². The van der Waals surface area contributed by atoms with Crippen LogP contribution in [0, 0.1) is 0 Å². The summed E-state index contributed by atoms with van der Waals surface area (Å²) in [5.74, 6) is -1.42. The van der Waals surface area contributed by atoms with Gasteiger partial charge in [-0.3, -0.25) is 4.79 Å². The lowest BCUT2D eigenvalue weighted by Gasteiger charge is -2.29. The third kappa shape index (κ3) is 5.62. The van der Waals surface area contributed by atoms with Crippen LogP contribution in [-0.4, -0.2) is 49.0 Å². The number of ether oxygens (including phenoxy) is 3. The van der Waals surface area contributed by atoms with Crippen molar-refractivity contribution in [1.29, 1.82) is 0 Å². The zero-order chi connectivity index (χ0) is 20.7. The molecule has 1 aromatic carbocycles. The van der Waals surface area contributed by atoms with Gasteiger partial charge in [-0.2, -0.15) is 0 Å². The number of carbonyl (C=O) groups is 3. The van der Waals surface area contributed by atoms with E-state index in [1.165, 1.54) is 13.0 Å². The second-order valence-electron chi connectivity index (χ2n) is 6.20. The van der Waals surface area contributed by atoms with Crippen molar-refractivity contribution in [3.05, 3.63) is 29.3 Å². The number of esters is 1. The first-order valence-corrected chi connectivity index (χ1v) is 9.16. The van der Waals surface area contributed by atoms with Crippen LogP contribution in [0.1, 0.15) is 49.5 Å². The van der Waals surface area contributed by atoms with Crippen LogP contribution in [0.4, 0.5) is 4.79 Å². The van der Waals surface area contributed by atoms with Gasteiger partial charge in [0.2, 0.25) is 12.2 Å². The van der Waals surface area contributed by atoms with E-state index < -0.39 is 31.5 Å². The number of rotatable bonds is 7. The maximum absolute atomic E-state index is 12.4. The number of fused-ring (bicyclic) bond motifs is 1. The monoisotopic (exact) mass is 393 g/mol. The van der Waals surface area contributed by atoms with Crippen LogP contribution in [-0.2, 0) is 25.4 Å². The summed E-state index contributed by atoms with van der Waals surface area (Å²) in [7, 11) is -1.31. The number of amides is 1. The third-order valence-electron chi connectivity index (χ3n) is 3.96. The Bertz CT molecular complexity index is 726. The molecule has 0 aromatic heterocycles. The van der Waals surface area contributed by atoms with E-state index in [4.69, 9.17) is 14.1 Å². The quantitative estimate of drug-likeness (QED) is 0.407. The Labute approximate surface area is 163 Å². The summed E-state index contributed by atoms with van der Waals surface area (Å²) in [4.78, 5) is 35.5. The van der Waals surface area contributed by atoms with Crippen molar-refractivity contribution in [2.24, 2.45) is 0 Å². The molecule has 10 heteroatoms. The Kier molecular flexibility index (Phi) is 7.68. The highest BCUT2D eigenvalue weighted by Gasteiger charge is 2.38. The molecule has 0 radical (unpaired) electrons. The van der Waals surface area contributed by atoms with Crippen molar-refractivity contribution in [3.8, 4) is 5.75 Å². The van der Waals surface area contributed by atoms with Crippen LogP contribution in [0.15, 0.2) is 18.2 Å². The Morgan fingerprint density at radius 2 is 2.07 bits per heavy atom. The molecular formula is C18H24BNO8. The largest absolute Gasteiger partial charge is 0.547 e. The molecule has 1 unspecified atom stereocenters. The van der Waals surface area contributed by atoms with Crippen LogP contribution in [0.5, 0.6) is 5.75 Å². The Hall–Kier alpha value is -2.75. The molecule has 9 nitrogen and oxygen atoms in total. The maximum atomic E-state index is 12.4. The van der Waals surface area contributed by atoms with E-state index in [2.05, 4.69) is 10.1 Å². The molecule has 0 aliphatic carbocycles. The Morgan fingerprint density at radius 1 is 1.32 bits per heavy atom. The number of para-hydroxylation sites is 1. The summed E-state index contributed by atoms with van der Waals surface area (Å²) in [5.41, 5.74) is 0.717. The Morgan fingerprint density at radius 3 is 2.75 bits per heavy atom. The smallest absolute Gasteiger partial charge is 0.534 e. The van der Waals surface area contributed by atoms with E-state index in [0.717, 1.165) is 0 Å². The van der Waals surface area contributed by atoms with Crippen molar-refractivity contribution in [2.45, 2.75) is 52.3 Å². The van der Waals surface area contributed by atoms with E-state index >= 15 is 0 Å². The first kappa shape index (κ1) is 21.6. The fourth-order valence-electron chi connectivity index (χ4n) is 2.74. The molecule has 2 atom stereocenters. The van der Waals surface area contributed by atoms with Gasteiger partial charge in [-0.05, 0) is 31.4 Å². The average molecular weight is 393 g/mol. The number of benzene rings is 1. The third-order valence-corrected chi connectivity index (χ3v) is 3.96. The SMILES string of the molecule is CCCC(=O)N[C@H]1Cc2cccc(C(=O)OC(C)OC(=O)OCC)c2OB1O. The lowest BCUT2D eigenvalue weighted by molar-refractivity contribution is -0.121. The van der Waals surface area contributed by atoms with Crippen molar-refractivity contribution in [3.63, 3.8) is 0 Å². The summed E-state index contributed by atoms with van der Waals surface area (Å²) >= 11 is 0. The van der Waals surface area contributed by atoms with Gasteiger partial charge >= 0.3 is 19.2 Å². The molecule has 0 saturated heterocycles. The zero-order valence-corrected chi connectivity index (χ0v) is 16.1. The summed E-state index contributed by atoms with van der Waals surface area (Å²) in [6.45, 7) is 5.01. The minimum atomic E-state index is -1.31. The van der Waals surface area contributed by atoms with Crippen LogP contribution in [0.25, 0.3) is 0 Å². The molecule has 28 heavy (non-hydrogen) atoms. The van der Waals surface area contributed by atoms with E-state index in [1.807, 2.05) is 6.92 Å². The molecule has 152 valence electrons. The molecular weight excluding hydrogens is 369 g/mol. The summed E-state index contributed by atoms with van der Waals surface area (Å²) < 4.78 is 20.0. The van der Waals surface area contributed by atoms with Gasteiger partial charge in [0.25, 0.3) is 0 Å². The first-order valence-electron chi connectivity index (χ1n) is 9.16. The van der Waals surface area contributed by atoms with Gasteiger partial charge in [0, 0.05) is 13.3 Å². The second-order valence-corrected chi connectivity index (χ2v) is 6.20. The maximum Gasteiger partial charge on any atom is 0.547 e. The lowest BCUT2D eigenvalue weighted by Crippen LogP contribution is -2.53. The highest BCUT2D eigenvalue weighted by atomic mass is 16.8. The molecule has 1 aromatic rings. The number of hydrogen-bond acceptors (Lipinski definition) is 8. The normalized spacial score (nSPS) is 16.3. The van der Waals surface area contributed by atoms with Crippen LogP contribution in [0.3, 0.4) is 0 Å². The molecule has 0 spiro atoms. The standard InChI is InChI=1S/C18H24BNO8/c1-4-7-15(21)20-14-10-12-8-6-9-13(16(12)28-19(14)24)17(22)26-11(3)27-18(23)25-5-2/h6,8-9,11,14,24H,4-5,7,10H2,1-3H3,(H,20,21)/t11?,14-/m0/s1. The minimum absolute atomic E-state index is 0.0780. The predicted octanol–water partition coefficient (Wildman–Crippen LogP) is 1.60. The average Bonchev–Trinajstić information content (AvgIpc) is 2.62. The van der Waals surface area contributed by atoms with Gasteiger partial charge in [-0.1, -0.05) is 19.1 Å². The molecule has 2 N–H and O–H groups in total. The van der Waals surface area contributed by atoms with Crippen molar-refractivity contribution >= 4 is 25.2 Å². The highest BCUT2D eigenvalue weighted by Crippen LogP contribution is 2.31. The van der Waals surface area contributed by atoms with E-state index in [0.29, 0.717) is 24.8 Å². The van der Waals surface area contributed by atoms with Gasteiger partial charge in [-0.15, -0.1) is 0 Å². The van der Waals surface area contributed by atoms with Crippen molar-refractivity contribution < 1.29 is 38.3 Å². The second kappa shape index (κ2) is 9.98. The number of nitrogens with one attached hydrogen (secondary N) is 1. The molecule has 1 aliphatic heterocycles. The molecule has 1 amide bonds. The fourth-order valence-corrected chi connectivity index (χ4v) is 2.74. The molecule has 1 aliphatic rings. The summed E-state index contributed by atoms with van der Waals surface area (Å²) in [5, 5.41) is 12.9. The van der Waals surface area contributed by atoms with E-state index in [1.54, 1.807) is 19.1 Å². The number of hydrogen-bond donors (Lipinski definition) is 2. The van der Waals surface area contributed by atoms with Crippen LogP contribution in [0.2, 0.25) is 0 Å². The summed E-state index contributed by atoms with van der Waals surface area (Å²) in [6.07, 6.45) is -0.788. The molecule has 1 heterocycles. The molecule has 0 fully saturated rings. The highest BCUT2D eigenvalue weighted by molar-refractivity contribution is 6.47. The van der Waals surface area contributed by atoms with Crippen LogP contribution < -0.4 is 9.97 Å². The predicted molar refractivity (Wildman–Crippen MR) is 98.6 cm³/mol. The van der Waals surface area contributed by atoms with Gasteiger partial charge in [0.05, 0.1) is 12.5 Å². The van der Waals surface area contributed by atoms with Gasteiger partial charge in [-0.25, -0.2) is 9.59 Å². The lowest BCUT2D eigenvalue weighted by atomic mass is 9.72.